The highest BCUT2D eigenvalue weighted by Gasteiger charge is 2.25. The van der Waals surface area contributed by atoms with Crippen molar-refractivity contribution < 1.29 is 9.59 Å². The maximum absolute atomic E-state index is 12.4. The number of rotatable bonds is 6. The quantitative estimate of drug-likeness (QED) is 0.584. The van der Waals surface area contributed by atoms with Gasteiger partial charge in [0, 0.05) is 23.0 Å². The Hall–Kier alpha value is -2.44. The number of hydrazone groups is 1. The Kier molecular flexibility index (Phi) is 7.12. The molecule has 0 saturated heterocycles. The van der Waals surface area contributed by atoms with Crippen molar-refractivity contribution in [2.24, 2.45) is 11.0 Å². The van der Waals surface area contributed by atoms with Crippen LogP contribution in [0.4, 0.5) is 0 Å². The number of nitrogens with one attached hydrogen (secondary N) is 2. The third-order valence-electron chi connectivity index (χ3n) is 3.48. The molecule has 0 fully saturated rings. The van der Waals surface area contributed by atoms with Crippen LogP contribution in [0.3, 0.4) is 0 Å². The van der Waals surface area contributed by atoms with Gasteiger partial charge in [0.05, 0.1) is 16.8 Å². The monoisotopic (exact) mass is 392 g/mol. The number of halogens is 2. The fourth-order valence-electron chi connectivity index (χ4n) is 2.12. The van der Waals surface area contributed by atoms with E-state index in [9.17, 15) is 9.59 Å². The van der Waals surface area contributed by atoms with Gasteiger partial charge in [-0.25, -0.2) is 5.43 Å². The van der Waals surface area contributed by atoms with E-state index in [0.29, 0.717) is 5.02 Å². The first kappa shape index (κ1) is 19.9. The van der Waals surface area contributed by atoms with Crippen molar-refractivity contribution in [3.05, 3.63) is 63.9 Å². The normalized spacial score (nSPS) is 12.2. The molecule has 26 heavy (non-hydrogen) atoms. The summed E-state index contributed by atoms with van der Waals surface area (Å²) >= 11 is 11.9. The second kappa shape index (κ2) is 9.31. The van der Waals surface area contributed by atoms with Crippen molar-refractivity contribution in [3.63, 3.8) is 0 Å². The molecule has 2 N–H and O–H groups in total. The summed E-state index contributed by atoms with van der Waals surface area (Å²) in [6.45, 7) is 3.64. The molecule has 1 unspecified atom stereocenters. The SMILES string of the molecule is CC(C)C(NC(=O)c1ccc(Cl)cc1Cl)C(=O)NN=Cc1cccnc1. The molecule has 0 aliphatic carbocycles. The van der Waals surface area contributed by atoms with Crippen LogP contribution in [0.25, 0.3) is 0 Å². The highest BCUT2D eigenvalue weighted by molar-refractivity contribution is 6.36. The van der Waals surface area contributed by atoms with Crippen LogP contribution in [0.1, 0.15) is 29.8 Å². The summed E-state index contributed by atoms with van der Waals surface area (Å²) in [5, 5.41) is 7.21. The zero-order chi connectivity index (χ0) is 19.1. The van der Waals surface area contributed by atoms with E-state index in [1.54, 1.807) is 30.6 Å². The van der Waals surface area contributed by atoms with E-state index >= 15 is 0 Å². The van der Waals surface area contributed by atoms with Crippen LogP contribution in [0, 0.1) is 5.92 Å². The van der Waals surface area contributed by atoms with Gasteiger partial charge in [-0.3, -0.25) is 14.6 Å². The van der Waals surface area contributed by atoms with Gasteiger partial charge in [-0.1, -0.05) is 43.1 Å². The maximum Gasteiger partial charge on any atom is 0.262 e. The molecule has 1 atom stereocenters. The number of carbonyl (C=O) groups is 2. The van der Waals surface area contributed by atoms with E-state index in [2.05, 4.69) is 20.8 Å². The van der Waals surface area contributed by atoms with Crippen LogP contribution in [-0.4, -0.2) is 29.1 Å². The second-order valence-corrected chi connectivity index (χ2v) is 6.68. The second-order valence-electron chi connectivity index (χ2n) is 5.84. The fourth-order valence-corrected chi connectivity index (χ4v) is 2.61. The van der Waals surface area contributed by atoms with Crippen LogP contribution in [0.2, 0.25) is 10.0 Å². The topological polar surface area (TPSA) is 83.5 Å². The van der Waals surface area contributed by atoms with Gasteiger partial charge < -0.3 is 5.32 Å². The number of pyridine rings is 1. The molecule has 2 amide bonds. The van der Waals surface area contributed by atoms with Crippen molar-refractivity contribution in [2.45, 2.75) is 19.9 Å². The van der Waals surface area contributed by atoms with Crippen molar-refractivity contribution in [2.75, 3.05) is 0 Å². The molecule has 0 spiro atoms. The molecule has 0 radical (unpaired) electrons. The molecule has 0 aliphatic rings. The molecule has 1 aromatic heterocycles. The predicted molar refractivity (Wildman–Crippen MR) is 103 cm³/mol. The van der Waals surface area contributed by atoms with Gasteiger partial charge in [-0.2, -0.15) is 5.10 Å². The summed E-state index contributed by atoms with van der Waals surface area (Å²) in [4.78, 5) is 28.7. The number of benzene rings is 1. The Morgan fingerprint density at radius 1 is 1.23 bits per heavy atom. The zero-order valence-corrected chi connectivity index (χ0v) is 15.8. The average Bonchev–Trinajstić information content (AvgIpc) is 2.60. The Labute approximate surface area is 161 Å². The van der Waals surface area contributed by atoms with Crippen LogP contribution in [-0.2, 0) is 4.79 Å². The minimum Gasteiger partial charge on any atom is -0.340 e. The Balaban J connectivity index is 2.04. The lowest BCUT2D eigenvalue weighted by molar-refractivity contribution is -0.123. The molecule has 0 saturated carbocycles. The molecule has 0 aliphatic heterocycles. The fraction of sp³-hybridized carbons (Fsp3) is 0.222. The van der Waals surface area contributed by atoms with Gasteiger partial charge in [-0.15, -0.1) is 0 Å². The summed E-state index contributed by atoms with van der Waals surface area (Å²) in [7, 11) is 0. The lowest BCUT2D eigenvalue weighted by Crippen LogP contribution is -2.48. The third kappa shape index (κ3) is 5.54. The lowest BCUT2D eigenvalue weighted by atomic mass is 10.0. The van der Waals surface area contributed by atoms with Gasteiger partial charge >= 0.3 is 0 Å². The maximum atomic E-state index is 12.4. The first-order valence-corrected chi connectivity index (χ1v) is 8.63. The molecule has 1 heterocycles. The van der Waals surface area contributed by atoms with Gasteiger partial charge in [0.2, 0.25) is 0 Å². The lowest BCUT2D eigenvalue weighted by Gasteiger charge is -2.20. The average molecular weight is 393 g/mol. The van der Waals surface area contributed by atoms with E-state index in [1.807, 2.05) is 13.8 Å². The van der Waals surface area contributed by atoms with Crippen molar-refractivity contribution in [3.8, 4) is 0 Å². The van der Waals surface area contributed by atoms with Gasteiger partial charge in [0.1, 0.15) is 6.04 Å². The standard InChI is InChI=1S/C18H18Cl2N4O2/c1-11(2)16(18(26)24-22-10-12-4-3-7-21-9-12)23-17(25)14-6-5-13(19)8-15(14)20/h3-11,16H,1-2H3,(H,23,25)(H,24,26). The summed E-state index contributed by atoms with van der Waals surface area (Å²) in [5.41, 5.74) is 3.41. The van der Waals surface area contributed by atoms with Crippen LogP contribution >= 0.6 is 23.2 Å². The third-order valence-corrected chi connectivity index (χ3v) is 4.03. The number of aromatic nitrogens is 1. The van der Waals surface area contributed by atoms with Crippen molar-refractivity contribution in [1.82, 2.24) is 15.7 Å². The van der Waals surface area contributed by atoms with E-state index < -0.39 is 17.9 Å². The zero-order valence-electron chi connectivity index (χ0n) is 14.2. The highest BCUT2D eigenvalue weighted by atomic mass is 35.5. The number of hydrogen-bond acceptors (Lipinski definition) is 4. The smallest absolute Gasteiger partial charge is 0.262 e. The molecule has 6 nitrogen and oxygen atoms in total. The number of nitrogens with zero attached hydrogens (tertiary/aromatic N) is 2. The number of carbonyl (C=O) groups excluding carboxylic acids is 2. The summed E-state index contributed by atoms with van der Waals surface area (Å²) in [6.07, 6.45) is 4.72. The van der Waals surface area contributed by atoms with Crippen LogP contribution < -0.4 is 10.7 Å². The predicted octanol–water partition coefficient (Wildman–Crippen LogP) is 3.29. The minimum atomic E-state index is -0.778. The van der Waals surface area contributed by atoms with E-state index in [1.165, 1.54) is 18.3 Å². The van der Waals surface area contributed by atoms with Gasteiger partial charge in [-0.05, 0) is 30.2 Å². The molecule has 0 bridgehead atoms. The van der Waals surface area contributed by atoms with E-state index in [4.69, 9.17) is 23.2 Å². The van der Waals surface area contributed by atoms with E-state index in [-0.39, 0.29) is 16.5 Å². The highest BCUT2D eigenvalue weighted by Crippen LogP contribution is 2.21. The first-order valence-electron chi connectivity index (χ1n) is 7.87. The minimum absolute atomic E-state index is 0.154. The largest absolute Gasteiger partial charge is 0.340 e. The van der Waals surface area contributed by atoms with Gasteiger partial charge in [0.25, 0.3) is 11.8 Å². The molecular formula is C18H18Cl2N4O2. The molecular weight excluding hydrogens is 375 g/mol. The van der Waals surface area contributed by atoms with Gasteiger partial charge in [0.15, 0.2) is 0 Å². The summed E-state index contributed by atoms with van der Waals surface area (Å²) < 4.78 is 0. The molecule has 8 heteroatoms. The molecule has 2 aromatic rings. The van der Waals surface area contributed by atoms with Crippen LogP contribution in [0.15, 0.2) is 47.8 Å². The summed E-state index contributed by atoms with van der Waals surface area (Å²) in [6, 6.07) is 7.32. The summed E-state index contributed by atoms with van der Waals surface area (Å²) in [5.74, 6) is -1.05. The van der Waals surface area contributed by atoms with Crippen molar-refractivity contribution in [1.29, 1.82) is 0 Å². The molecule has 2 rings (SSSR count). The van der Waals surface area contributed by atoms with E-state index in [0.717, 1.165) is 5.56 Å². The number of amides is 2. The Morgan fingerprint density at radius 2 is 2.00 bits per heavy atom. The van der Waals surface area contributed by atoms with Crippen molar-refractivity contribution >= 4 is 41.2 Å². The molecule has 1 aromatic carbocycles. The number of hydrogen-bond donors (Lipinski definition) is 2. The molecule has 136 valence electrons. The Bertz CT molecular complexity index is 810. The Morgan fingerprint density at radius 3 is 2.62 bits per heavy atom. The van der Waals surface area contributed by atoms with Crippen LogP contribution in [0.5, 0.6) is 0 Å². The first-order chi connectivity index (χ1) is 12.4.